The van der Waals surface area contributed by atoms with Crippen LogP contribution in [0.1, 0.15) is 45.0 Å². The SMILES string of the molecule is Cc1cc(NC(=O)CN(C)[C@H](C)c2cccc(O)c2)n(C(C)(C)C)n1. The Bertz CT molecular complexity index is 746. The van der Waals surface area contributed by atoms with Crippen molar-refractivity contribution in [3.63, 3.8) is 0 Å². The Morgan fingerprint density at radius 2 is 2.04 bits per heavy atom. The van der Waals surface area contributed by atoms with E-state index in [1.54, 1.807) is 18.2 Å². The molecule has 6 nitrogen and oxygen atoms in total. The van der Waals surface area contributed by atoms with E-state index in [1.807, 2.05) is 63.4 Å². The van der Waals surface area contributed by atoms with Crippen molar-refractivity contribution < 1.29 is 9.90 Å². The molecule has 0 fully saturated rings. The van der Waals surface area contributed by atoms with Crippen molar-refractivity contribution in [2.75, 3.05) is 18.9 Å². The maximum absolute atomic E-state index is 12.5. The molecule has 2 N–H and O–H groups in total. The molecule has 0 aliphatic heterocycles. The van der Waals surface area contributed by atoms with Gasteiger partial charge in [-0.2, -0.15) is 5.10 Å². The molecule has 2 aromatic rings. The average Bonchev–Trinajstić information content (AvgIpc) is 2.86. The van der Waals surface area contributed by atoms with E-state index in [1.165, 1.54) is 0 Å². The van der Waals surface area contributed by atoms with Gasteiger partial charge < -0.3 is 10.4 Å². The van der Waals surface area contributed by atoms with Gasteiger partial charge in [0.1, 0.15) is 11.6 Å². The topological polar surface area (TPSA) is 70.4 Å². The van der Waals surface area contributed by atoms with E-state index in [2.05, 4.69) is 10.4 Å². The molecule has 1 atom stereocenters. The Balaban J connectivity index is 2.05. The summed E-state index contributed by atoms with van der Waals surface area (Å²) in [6, 6.07) is 8.99. The Labute approximate surface area is 149 Å². The number of nitrogens with zero attached hydrogens (tertiary/aromatic N) is 3. The third-order valence-corrected chi connectivity index (χ3v) is 4.14. The summed E-state index contributed by atoms with van der Waals surface area (Å²) in [5.74, 6) is 0.833. The summed E-state index contributed by atoms with van der Waals surface area (Å²) in [5.41, 5.74) is 1.62. The zero-order chi connectivity index (χ0) is 18.8. The van der Waals surface area contributed by atoms with Crippen LogP contribution in [-0.2, 0) is 10.3 Å². The summed E-state index contributed by atoms with van der Waals surface area (Å²) in [6.07, 6.45) is 0. The lowest BCUT2D eigenvalue weighted by atomic mass is 10.1. The predicted molar refractivity (Wildman–Crippen MR) is 99.7 cm³/mol. The molecule has 0 aliphatic carbocycles. The van der Waals surface area contributed by atoms with Crippen molar-refractivity contribution in [1.29, 1.82) is 0 Å². The van der Waals surface area contributed by atoms with Crippen LogP contribution in [0.25, 0.3) is 0 Å². The van der Waals surface area contributed by atoms with Gasteiger partial charge in [0.05, 0.1) is 17.8 Å². The van der Waals surface area contributed by atoms with Gasteiger partial charge in [-0.25, -0.2) is 4.68 Å². The van der Waals surface area contributed by atoms with Gasteiger partial charge in [-0.05, 0) is 59.4 Å². The zero-order valence-corrected chi connectivity index (χ0v) is 15.9. The fourth-order valence-corrected chi connectivity index (χ4v) is 2.68. The van der Waals surface area contributed by atoms with Crippen molar-refractivity contribution in [1.82, 2.24) is 14.7 Å². The number of hydrogen-bond acceptors (Lipinski definition) is 4. The van der Waals surface area contributed by atoms with E-state index in [0.717, 1.165) is 11.3 Å². The monoisotopic (exact) mass is 344 g/mol. The minimum absolute atomic E-state index is 0.00659. The number of phenolic OH excluding ortho intramolecular Hbond substituents is 1. The van der Waals surface area contributed by atoms with Crippen LogP contribution in [0.2, 0.25) is 0 Å². The lowest BCUT2D eigenvalue weighted by Crippen LogP contribution is -2.34. The second kappa shape index (κ2) is 7.27. The molecule has 1 amide bonds. The van der Waals surface area contributed by atoms with Crippen LogP contribution in [0.3, 0.4) is 0 Å². The number of amides is 1. The highest BCUT2D eigenvalue weighted by Gasteiger charge is 2.21. The fraction of sp³-hybridized carbons (Fsp3) is 0.474. The van der Waals surface area contributed by atoms with Gasteiger partial charge in [0.2, 0.25) is 5.91 Å². The first-order valence-corrected chi connectivity index (χ1v) is 8.44. The molecular weight excluding hydrogens is 316 g/mol. The van der Waals surface area contributed by atoms with Gasteiger partial charge in [-0.3, -0.25) is 9.69 Å². The molecule has 1 aromatic carbocycles. The third kappa shape index (κ3) is 4.82. The molecule has 0 radical (unpaired) electrons. The second-order valence-corrected chi connectivity index (χ2v) is 7.49. The largest absolute Gasteiger partial charge is 0.508 e. The Kier molecular flexibility index (Phi) is 5.52. The number of aromatic nitrogens is 2. The predicted octanol–water partition coefficient (Wildman–Crippen LogP) is 3.28. The first-order valence-electron chi connectivity index (χ1n) is 8.44. The molecule has 0 unspecified atom stereocenters. The van der Waals surface area contributed by atoms with Crippen LogP contribution < -0.4 is 5.32 Å². The van der Waals surface area contributed by atoms with E-state index in [4.69, 9.17) is 0 Å². The van der Waals surface area contributed by atoms with E-state index in [-0.39, 0.29) is 29.8 Å². The number of rotatable bonds is 5. The lowest BCUT2D eigenvalue weighted by Gasteiger charge is -2.26. The molecule has 6 heteroatoms. The highest BCUT2D eigenvalue weighted by molar-refractivity contribution is 5.91. The number of aryl methyl sites for hydroxylation is 1. The van der Waals surface area contributed by atoms with Crippen molar-refractivity contribution in [2.24, 2.45) is 0 Å². The second-order valence-electron chi connectivity index (χ2n) is 7.49. The van der Waals surface area contributed by atoms with E-state index < -0.39 is 0 Å². The number of carbonyl (C=O) groups excluding carboxylic acids is 1. The molecule has 1 aromatic heterocycles. The van der Waals surface area contributed by atoms with Crippen LogP contribution in [0.5, 0.6) is 5.75 Å². The molecule has 0 bridgehead atoms. The van der Waals surface area contributed by atoms with Gasteiger partial charge in [-0.1, -0.05) is 12.1 Å². The van der Waals surface area contributed by atoms with E-state index >= 15 is 0 Å². The molecule has 0 aliphatic rings. The molecular formula is C19H28N4O2. The first-order chi connectivity index (χ1) is 11.6. The minimum Gasteiger partial charge on any atom is -0.508 e. The molecule has 0 saturated heterocycles. The number of carbonyl (C=O) groups is 1. The van der Waals surface area contributed by atoms with E-state index in [0.29, 0.717) is 5.82 Å². The van der Waals surface area contributed by atoms with Gasteiger partial charge in [0, 0.05) is 12.1 Å². The smallest absolute Gasteiger partial charge is 0.239 e. The van der Waals surface area contributed by atoms with Crippen LogP contribution in [0.4, 0.5) is 5.82 Å². The summed E-state index contributed by atoms with van der Waals surface area (Å²) < 4.78 is 1.83. The zero-order valence-electron chi connectivity index (χ0n) is 15.9. The number of anilines is 1. The number of phenols is 1. The minimum atomic E-state index is -0.211. The van der Waals surface area contributed by atoms with E-state index in [9.17, 15) is 9.90 Å². The summed E-state index contributed by atoms with van der Waals surface area (Å²) in [6.45, 7) is 10.3. The van der Waals surface area contributed by atoms with Crippen LogP contribution in [0, 0.1) is 6.92 Å². The molecule has 2 rings (SSSR count). The molecule has 1 heterocycles. The number of nitrogens with one attached hydrogen (secondary N) is 1. The normalized spacial score (nSPS) is 13.1. The average molecular weight is 344 g/mol. The van der Waals surface area contributed by atoms with Crippen molar-refractivity contribution in [2.45, 2.75) is 46.2 Å². The molecule has 136 valence electrons. The molecule has 0 spiro atoms. The Morgan fingerprint density at radius 1 is 1.36 bits per heavy atom. The third-order valence-electron chi connectivity index (χ3n) is 4.14. The summed E-state index contributed by atoms with van der Waals surface area (Å²) in [7, 11) is 1.89. The number of benzene rings is 1. The number of aromatic hydroxyl groups is 1. The van der Waals surface area contributed by atoms with Crippen molar-refractivity contribution >= 4 is 11.7 Å². The van der Waals surface area contributed by atoms with Gasteiger partial charge in [0.25, 0.3) is 0 Å². The Morgan fingerprint density at radius 3 is 2.64 bits per heavy atom. The van der Waals surface area contributed by atoms with Crippen LogP contribution >= 0.6 is 0 Å². The molecule has 25 heavy (non-hydrogen) atoms. The van der Waals surface area contributed by atoms with Gasteiger partial charge in [0.15, 0.2) is 0 Å². The standard InChI is InChI=1S/C19H28N4O2/c1-13-10-17(23(21-13)19(3,4)5)20-18(25)12-22(6)14(2)15-8-7-9-16(24)11-15/h7-11,14,24H,12H2,1-6H3,(H,20,25)/t14-/m1/s1. The summed E-state index contributed by atoms with van der Waals surface area (Å²) in [5, 5.41) is 17.0. The maximum atomic E-state index is 12.5. The summed E-state index contributed by atoms with van der Waals surface area (Å²) in [4.78, 5) is 14.4. The van der Waals surface area contributed by atoms with Crippen molar-refractivity contribution in [3.8, 4) is 5.75 Å². The van der Waals surface area contributed by atoms with Gasteiger partial charge >= 0.3 is 0 Å². The Hall–Kier alpha value is -2.34. The quantitative estimate of drug-likeness (QED) is 0.873. The van der Waals surface area contributed by atoms with Gasteiger partial charge in [-0.15, -0.1) is 0 Å². The maximum Gasteiger partial charge on any atom is 0.239 e. The lowest BCUT2D eigenvalue weighted by molar-refractivity contribution is -0.117. The number of likely N-dealkylation sites (N-methyl/N-ethyl adjacent to an activating group) is 1. The van der Waals surface area contributed by atoms with Crippen molar-refractivity contribution in [3.05, 3.63) is 41.6 Å². The highest BCUT2D eigenvalue weighted by Crippen LogP contribution is 2.23. The fourth-order valence-electron chi connectivity index (χ4n) is 2.68. The highest BCUT2D eigenvalue weighted by atomic mass is 16.3. The van der Waals surface area contributed by atoms with Crippen LogP contribution in [-0.4, -0.2) is 39.3 Å². The number of hydrogen-bond donors (Lipinski definition) is 2. The molecule has 0 saturated carbocycles. The summed E-state index contributed by atoms with van der Waals surface area (Å²) >= 11 is 0. The van der Waals surface area contributed by atoms with Crippen LogP contribution in [0.15, 0.2) is 30.3 Å². The first kappa shape index (κ1) is 19.0.